The van der Waals surface area contributed by atoms with E-state index in [1.165, 1.54) is 9.58 Å². The second-order valence-electron chi connectivity index (χ2n) is 5.26. The van der Waals surface area contributed by atoms with Crippen LogP contribution in [-0.4, -0.2) is 49.3 Å². The minimum atomic E-state index is -0.781. The maximum absolute atomic E-state index is 12.0. The first kappa shape index (κ1) is 14.4. The summed E-state index contributed by atoms with van der Waals surface area (Å²) in [5.74, 6) is -0.191. The van der Waals surface area contributed by atoms with E-state index in [2.05, 4.69) is 5.10 Å². The molecule has 1 fully saturated rings. The van der Waals surface area contributed by atoms with Gasteiger partial charge in [-0.3, -0.25) is 19.6 Å². The molecule has 110 valence electrons. The number of aromatic nitrogens is 2. The Morgan fingerprint density at radius 1 is 1.50 bits per heavy atom. The average molecular weight is 282 g/mol. The quantitative estimate of drug-likeness (QED) is 0.636. The molecule has 1 aliphatic heterocycles. The van der Waals surface area contributed by atoms with Gasteiger partial charge >= 0.3 is 5.69 Å². The number of likely N-dealkylation sites (tertiary alicyclic amines) is 1. The van der Waals surface area contributed by atoms with Crippen molar-refractivity contribution in [3.05, 3.63) is 21.5 Å². The summed E-state index contributed by atoms with van der Waals surface area (Å²) in [7, 11) is 0. The fourth-order valence-corrected chi connectivity index (χ4v) is 2.40. The first-order chi connectivity index (χ1) is 9.27. The SMILES string of the molecule is CCC1(O)CN(C(=O)Cn2nc(C)c([N+](=O)[O-])c2C)C1. The van der Waals surface area contributed by atoms with E-state index in [1.54, 1.807) is 13.8 Å². The van der Waals surface area contributed by atoms with Crippen LogP contribution >= 0.6 is 0 Å². The average Bonchev–Trinajstić information content (AvgIpc) is 2.60. The minimum Gasteiger partial charge on any atom is -0.386 e. The molecular formula is C12H18N4O4. The van der Waals surface area contributed by atoms with Gasteiger partial charge in [0.2, 0.25) is 5.91 Å². The molecule has 2 heterocycles. The predicted molar refractivity (Wildman–Crippen MR) is 70.2 cm³/mol. The van der Waals surface area contributed by atoms with Crippen LogP contribution in [0.25, 0.3) is 0 Å². The van der Waals surface area contributed by atoms with Crippen LogP contribution in [0.4, 0.5) is 5.69 Å². The molecule has 0 aromatic carbocycles. The standard InChI is InChI=1S/C12H18N4O4/c1-4-12(18)6-14(7-12)10(17)5-15-9(3)11(16(19)20)8(2)13-15/h18H,4-7H2,1-3H3. The molecule has 1 saturated heterocycles. The molecule has 1 N–H and O–H groups in total. The third kappa shape index (κ3) is 2.38. The van der Waals surface area contributed by atoms with E-state index >= 15 is 0 Å². The normalized spacial score (nSPS) is 16.9. The second kappa shape index (κ2) is 4.86. The van der Waals surface area contributed by atoms with Crippen molar-refractivity contribution in [1.82, 2.24) is 14.7 Å². The summed E-state index contributed by atoms with van der Waals surface area (Å²) in [6.07, 6.45) is 0.599. The van der Waals surface area contributed by atoms with Gasteiger partial charge in [0.15, 0.2) is 0 Å². The highest BCUT2D eigenvalue weighted by Gasteiger charge is 2.42. The van der Waals surface area contributed by atoms with Gasteiger partial charge in [0.05, 0.1) is 23.6 Å². The monoisotopic (exact) mass is 282 g/mol. The van der Waals surface area contributed by atoms with Gasteiger partial charge < -0.3 is 10.0 Å². The highest BCUT2D eigenvalue weighted by atomic mass is 16.6. The number of nitrogens with zero attached hydrogens (tertiary/aromatic N) is 4. The zero-order valence-electron chi connectivity index (χ0n) is 11.8. The summed E-state index contributed by atoms with van der Waals surface area (Å²) < 4.78 is 1.35. The molecule has 1 aromatic rings. The number of rotatable bonds is 4. The van der Waals surface area contributed by atoms with Gasteiger partial charge in [-0.2, -0.15) is 5.10 Å². The van der Waals surface area contributed by atoms with Crippen molar-refractivity contribution in [2.75, 3.05) is 13.1 Å². The molecule has 20 heavy (non-hydrogen) atoms. The van der Waals surface area contributed by atoms with Crippen LogP contribution in [0, 0.1) is 24.0 Å². The molecule has 0 radical (unpaired) electrons. The van der Waals surface area contributed by atoms with E-state index in [0.717, 1.165) is 0 Å². The van der Waals surface area contributed by atoms with Crippen molar-refractivity contribution in [3.8, 4) is 0 Å². The topological polar surface area (TPSA) is 102 Å². The zero-order valence-corrected chi connectivity index (χ0v) is 11.8. The third-order valence-corrected chi connectivity index (χ3v) is 3.79. The highest BCUT2D eigenvalue weighted by Crippen LogP contribution is 2.25. The summed E-state index contributed by atoms with van der Waals surface area (Å²) in [6, 6.07) is 0. The predicted octanol–water partition coefficient (Wildman–Crippen LogP) is 0.391. The van der Waals surface area contributed by atoms with Gasteiger partial charge in [0.25, 0.3) is 0 Å². The molecule has 0 unspecified atom stereocenters. The van der Waals surface area contributed by atoms with Crippen LogP contribution in [0.5, 0.6) is 0 Å². The number of carbonyl (C=O) groups is 1. The van der Waals surface area contributed by atoms with E-state index in [-0.39, 0.29) is 18.1 Å². The lowest BCUT2D eigenvalue weighted by atomic mass is 9.91. The van der Waals surface area contributed by atoms with Gasteiger partial charge in [0.1, 0.15) is 17.9 Å². The highest BCUT2D eigenvalue weighted by molar-refractivity contribution is 5.77. The molecule has 2 rings (SSSR count). The Morgan fingerprint density at radius 2 is 2.10 bits per heavy atom. The van der Waals surface area contributed by atoms with Crippen LogP contribution < -0.4 is 0 Å². The Kier molecular flexibility index (Phi) is 3.51. The van der Waals surface area contributed by atoms with E-state index < -0.39 is 10.5 Å². The summed E-state index contributed by atoms with van der Waals surface area (Å²) in [5.41, 5.74) is -0.163. The lowest BCUT2D eigenvalue weighted by Gasteiger charge is -2.46. The van der Waals surface area contributed by atoms with Crippen LogP contribution in [0.1, 0.15) is 24.7 Å². The van der Waals surface area contributed by atoms with Gasteiger partial charge in [-0.15, -0.1) is 0 Å². The van der Waals surface area contributed by atoms with Gasteiger partial charge in [-0.25, -0.2) is 0 Å². The Balaban J connectivity index is 2.07. The molecule has 0 atom stereocenters. The molecule has 8 heteroatoms. The maximum atomic E-state index is 12.0. The van der Waals surface area contributed by atoms with Crippen LogP contribution in [0.2, 0.25) is 0 Å². The van der Waals surface area contributed by atoms with E-state index in [1.807, 2.05) is 6.92 Å². The van der Waals surface area contributed by atoms with E-state index in [4.69, 9.17) is 0 Å². The Hall–Kier alpha value is -1.96. The van der Waals surface area contributed by atoms with Crippen molar-refractivity contribution in [2.45, 2.75) is 39.3 Å². The number of carbonyl (C=O) groups excluding carboxylic acids is 1. The van der Waals surface area contributed by atoms with Crippen LogP contribution in [-0.2, 0) is 11.3 Å². The van der Waals surface area contributed by atoms with Gasteiger partial charge in [-0.1, -0.05) is 6.92 Å². The lowest BCUT2D eigenvalue weighted by molar-refractivity contribution is -0.386. The van der Waals surface area contributed by atoms with Crippen LogP contribution in [0.15, 0.2) is 0 Å². The van der Waals surface area contributed by atoms with E-state index in [9.17, 15) is 20.0 Å². The second-order valence-corrected chi connectivity index (χ2v) is 5.26. The number of nitro groups is 1. The lowest BCUT2D eigenvalue weighted by Crippen LogP contribution is -2.63. The summed E-state index contributed by atoms with van der Waals surface area (Å²) in [5, 5.41) is 24.8. The number of amides is 1. The molecule has 0 saturated carbocycles. The Bertz CT molecular complexity index is 560. The molecule has 1 aromatic heterocycles. The van der Waals surface area contributed by atoms with E-state index in [0.29, 0.717) is 30.9 Å². The van der Waals surface area contributed by atoms with Crippen molar-refractivity contribution < 1.29 is 14.8 Å². The third-order valence-electron chi connectivity index (χ3n) is 3.79. The zero-order chi connectivity index (χ0) is 15.1. The maximum Gasteiger partial charge on any atom is 0.312 e. The summed E-state index contributed by atoms with van der Waals surface area (Å²) in [6.45, 7) is 5.56. The number of β-amino-alcohol motifs (C(OH)–C–C–N with tert-alkyl or cyclic N) is 1. The number of aliphatic hydroxyl groups is 1. The number of aryl methyl sites for hydroxylation is 1. The summed E-state index contributed by atoms with van der Waals surface area (Å²) in [4.78, 5) is 24.0. The molecule has 8 nitrogen and oxygen atoms in total. The van der Waals surface area contributed by atoms with Gasteiger partial charge in [0, 0.05) is 0 Å². The van der Waals surface area contributed by atoms with Gasteiger partial charge in [-0.05, 0) is 20.3 Å². The number of hydrogen-bond donors (Lipinski definition) is 1. The van der Waals surface area contributed by atoms with Crippen molar-refractivity contribution in [2.24, 2.45) is 0 Å². The Morgan fingerprint density at radius 3 is 2.55 bits per heavy atom. The van der Waals surface area contributed by atoms with Crippen molar-refractivity contribution in [3.63, 3.8) is 0 Å². The van der Waals surface area contributed by atoms with Crippen LogP contribution in [0.3, 0.4) is 0 Å². The summed E-state index contributed by atoms with van der Waals surface area (Å²) >= 11 is 0. The first-order valence-corrected chi connectivity index (χ1v) is 6.46. The molecule has 1 amide bonds. The largest absolute Gasteiger partial charge is 0.386 e. The fourth-order valence-electron chi connectivity index (χ4n) is 2.40. The molecular weight excluding hydrogens is 264 g/mol. The molecule has 0 bridgehead atoms. The number of hydrogen-bond acceptors (Lipinski definition) is 5. The van der Waals surface area contributed by atoms with Crippen molar-refractivity contribution >= 4 is 11.6 Å². The Labute approximate surface area is 116 Å². The molecule has 0 spiro atoms. The molecule has 0 aliphatic carbocycles. The molecule has 1 aliphatic rings. The smallest absolute Gasteiger partial charge is 0.312 e. The minimum absolute atomic E-state index is 0.0414. The van der Waals surface area contributed by atoms with Crippen molar-refractivity contribution in [1.29, 1.82) is 0 Å². The first-order valence-electron chi connectivity index (χ1n) is 6.46. The fraction of sp³-hybridized carbons (Fsp3) is 0.667.